The lowest BCUT2D eigenvalue weighted by atomic mass is 10.1. The predicted octanol–water partition coefficient (Wildman–Crippen LogP) is 5.20. The van der Waals surface area contributed by atoms with E-state index < -0.39 is 6.09 Å². The average molecular weight is 543 g/mol. The van der Waals surface area contributed by atoms with Crippen LogP contribution < -0.4 is 20.7 Å². The molecule has 1 saturated heterocycles. The first-order chi connectivity index (χ1) is 19.1. The SMILES string of the molecule is COC(=O)Nc1cc(Nc2ncc3cc(-c4nccs4)c(OC4CCNCC4)cc3n2)cc(-c2cn[nH]c2)c1. The van der Waals surface area contributed by atoms with Gasteiger partial charge >= 0.3 is 6.09 Å². The Morgan fingerprint density at radius 1 is 1.05 bits per heavy atom. The minimum absolute atomic E-state index is 0.133. The number of methoxy groups -OCH3 is 1. The summed E-state index contributed by atoms with van der Waals surface area (Å²) in [5, 5.41) is 19.9. The zero-order valence-corrected chi connectivity index (χ0v) is 21.9. The maximum Gasteiger partial charge on any atom is 0.411 e. The molecule has 2 aromatic carbocycles. The number of rotatable bonds is 7. The van der Waals surface area contributed by atoms with Crippen molar-refractivity contribution in [3.05, 3.63) is 60.5 Å². The summed E-state index contributed by atoms with van der Waals surface area (Å²) in [5.74, 6) is 1.17. The summed E-state index contributed by atoms with van der Waals surface area (Å²) in [6, 6.07) is 9.54. The maximum atomic E-state index is 11.9. The highest BCUT2D eigenvalue weighted by atomic mass is 32.1. The number of piperidine rings is 1. The summed E-state index contributed by atoms with van der Waals surface area (Å²) in [5.41, 5.74) is 4.62. The van der Waals surface area contributed by atoms with E-state index in [1.54, 1.807) is 42.2 Å². The largest absolute Gasteiger partial charge is 0.490 e. The topological polar surface area (TPSA) is 139 Å². The highest BCUT2D eigenvalue weighted by Crippen LogP contribution is 2.36. The van der Waals surface area contributed by atoms with Crippen molar-refractivity contribution in [2.24, 2.45) is 0 Å². The zero-order valence-electron chi connectivity index (χ0n) is 21.1. The van der Waals surface area contributed by atoms with Gasteiger partial charge in [-0.1, -0.05) is 0 Å². The Morgan fingerprint density at radius 2 is 1.92 bits per heavy atom. The van der Waals surface area contributed by atoms with Crippen molar-refractivity contribution in [2.45, 2.75) is 18.9 Å². The van der Waals surface area contributed by atoms with Crippen LogP contribution >= 0.6 is 11.3 Å². The molecule has 0 atom stereocenters. The number of hydrogen-bond donors (Lipinski definition) is 4. The van der Waals surface area contributed by atoms with Crippen LogP contribution in [-0.4, -0.2) is 57.5 Å². The van der Waals surface area contributed by atoms with Crippen LogP contribution in [0.25, 0.3) is 32.6 Å². The lowest BCUT2D eigenvalue weighted by molar-refractivity contribution is 0.163. The van der Waals surface area contributed by atoms with E-state index in [9.17, 15) is 4.79 Å². The number of aromatic nitrogens is 5. The average Bonchev–Trinajstić information content (AvgIpc) is 3.68. The molecule has 1 aliphatic rings. The monoisotopic (exact) mass is 542 g/mol. The van der Waals surface area contributed by atoms with Gasteiger partial charge in [-0.3, -0.25) is 10.4 Å². The number of hydrogen-bond acceptors (Lipinski definition) is 10. The van der Waals surface area contributed by atoms with Crippen LogP contribution in [0.5, 0.6) is 5.75 Å². The molecule has 198 valence electrons. The Bertz CT molecular complexity index is 1580. The van der Waals surface area contributed by atoms with Crippen molar-refractivity contribution in [1.29, 1.82) is 0 Å². The first-order valence-electron chi connectivity index (χ1n) is 12.5. The summed E-state index contributed by atoms with van der Waals surface area (Å²) in [6.45, 7) is 1.87. The normalized spacial score (nSPS) is 13.8. The van der Waals surface area contributed by atoms with Gasteiger partial charge in [0.2, 0.25) is 5.95 Å². The molecule has 1 aliphatic heterocycles. The smallest absolute Gasteiger partial charge is 0.411 e. The Morgan fingerprint density at radius 3 is 2.69 bits per heavy atom. The lowest BCUT2D eigenvalue weighted by Gasteiger charge is -2.25. The molecule has 11 nitrogen and oxygen atoms in total. The summed E-state index contributed by atoms with van der Waals surface area (Å²) >= 11 is 1.57. The van der Waals surface area contributed by atoms with Crippen molar-refractivity contribution in [1.82, 2.24) is 30.5 Å². The van der Waals surface area contributed by atoms with Gasteiger partial charge in [-0.2, -0.15) is 5.10 Å². The third-order valence-corrected chi connectivity index (χ3v) is 7.18. The van der Waals surface area contributed by atoms with Gasteiger partial charge in [0.15, 0.2) is 0 Å². The Hall–Kier alpha value is -4.55. The molecule has 5 aromatic rings. The minimum atomic E-state index is -0.565. The molecule has 0 saturated carbocycles. The maximum absolute atomic E-state index is 11.9. The molecule has 6 rings (SSSR count). The second kappa shape index (κ2) is 11.1. The van der Waals surface area contributed by atoms with Crippen LogP contribution in [0, 0.1) is 0 Å². The molecule has 3 aromatic heterocycles. The molecule has 0 bridgehead atoms. The minimum Gasteiger partial charge on any atom is -0.490 e. The van der Waals surface area contributed by atoms with Gasteiger partial charge in [0.25, 0.3) is 0 Å². The van der Waals surface area contributed by atoms with Crippen LogP contribution in [0.15, 0.2) is 60.5 Å². The number of nitrogens with one attached hydrogen (secondary N) is 4. The second-order valence-corrected chi connectivity index (χ2v) is 9.93. The number of thiazole rings is 1. The van der Waals surface area contributed by atoms with Gasteiger partial charge in [-0.25, -0.2) is 19.7 Å². The molecular formula is C27H26N8O3S. The van der Waals surface area contributed by atoms with Crippen molar-refractivity contribution < 1.29 is 14.3 Å². The van der Waals surface area contributed by atoms with E-state index in [1.807, 2.05) is 29.6 Å². The van der Waals surface area contributed by atoms with Crippen LogP contribution in [0.2, 0.25) is 0 Å². The fraction of sp³-hybridized carbons (Fsp3) is 0.222. The van der Waals surface area contributed by atoms with Crippen LogP contribution in [0.4, 0.5) is 22.1 Å². The molecule has 0 unspecified atom stereocenters. The summed E-state index contributed by atoms with van der Waals surface area (Å²) in [7, 11) is 1.32. The van der Waals surface area contributed by atoms with Crippen molar-refractivity contribution in [3.8, 4) is 27.4 Å². The standard InChI is InChI=1S/C27H26N8O3S/c1-37-27(36)34-20-9-16(18-14-31-32-15-18)8-19(11-20)33-26-30-13-17-10-22(25-29-6-7-39-25)24(12-23(17)35-26)38-21-2-4-28-5-3-21/h6-15,21,28H,2-5H2,1H3,(H,31,32)(H,34,36)(H,30,33,35). The predicted molar refractivity (Wildman–Crippen MR) is 150 cm³/mol. The number of benzene rings is 2. The molecule has 4 N–H and O–H groups in total. The fourth-order valence-electron chi connectivity index (χ4n) is 4.48. The van der Waals surface area contributed by atoms with Crippen LogP contribution in [0.1, 0.15) is 12.8 Å². The number of carbonyl (C=O) groups excluding carboxylic acids is 1. The van der Waals surface area contributed by atoms with Crippen molar-refractivity contribution in [3.63, 3.8) is 0 Å². The Kier molecular flexibility index (Phi) is 7.02. The number of carbonyl (C=O) groups is 1. The molecule has 39 heavy (non-hydrogen) atoms. The van der Waals surface area contributed by atoms with Gasteiger partial charge in [0.05, 0.1) is 24.4 Å². The first kappa shape index (κ1) is 24.8. The molecule has 0 spiro atoms. The van der Waals surface area contributed by atoms with E-state index in [4.69, 9.17) is 14.5 Å². The molecule has 0 aliphatic carbocycles. The number of anilines is 3. The molecule has 4 heterocycles. The quantitative estimate of drug-likeness (QED) is 0.219. The Labute approximate surface area is 228 Å². The second-order valence-electron chi connectivity index (χ2n) is 9.03. The number of nitrogens with zero attached hydrogens (tertiary/aromatic N) is 4. The summed E-state index contributed by atoms with van der Waals surface area (Å²) in [4.78, 5) is 25.7. The molecule has 1 fully saturated rings. The van der Waals surface area contributed by atoms with Crippen LogP contribution in [-0.2, 0) is 4.74 Å². The van der Waals surface area contributed by atoms with Gasteiger partial charge in [-0.15, -0.1) is 11.3 Å². The van der Waals surface area contributed by atoms with Gasteiger partial charge < -0.3 is 20.1 Å². The van der Waals surface area contributed by atoms with Gasteiger partial charge in [0.1, 0.15) is 16.9 Å². The molecule has 12 heteroatoms. The zero-order chi connectivity index (χ0) is 26.6. The molecule has 0 radical (unpaired) electrons. The highest BCUT2D eigenvalue weighted by Gasteiger charge is 2.19. The third-order valence-electron chi connectivity index (χ3n) is 6.38. The number of fused-ring (bicyclic) bond motifs is 1. The van der Waals surface area contributed by atoms with E-state index >= 15 is 0 Å². The summed E-state index contributed by atoms with van der Waals surface area (Å²) < 4.78 is 11.2. The van der Waals surface area contributed by atoms with Gasteiger partial charge in [0, 0.05) is 52.4 Å². The van der Waals surface area contributed by atoms with E-state index in [2.05, 4.69) is 36.1 Å². The van der Waals surface area contributed by atoms with Crippen molar-refractivity contribution >= 4 is 45.7 Å². The highest BCUT2D eigenvalue weighted by molar-refractivity contribution is 7.13. The van der Waals surface area contributed by atoms with E-state index in [0.29, 0.717) is 17.3 Å². The van der Waals surface area contributed by atoms with Crippen molar-refractivity contribution in [2.75, 3.05) is 30.8 Å². The van der Waals surface area contributed by atoms with E-state index in [0.717, 1.165) is 64.3 Å². The summed E-state index contributed by atoms with van der Waals surface area (Å²) in [6.07, 6.45) is 8.52. The molecular weight excluding hydrogens is 516 g/mol. The first-order valence-corrected chi connectivity index (χ1v) is 13.4. The number of amides is 1. The lowest BCUT2D eigenvalue weighted by Crippen LogP contribution is -2.34. The third kappa shape index (κ3) is 5.66. The van der Waals surface area contributed by atoms with Gasteiger partial charge in [-0.05, 0) is 55.8 Å². The number of ether oxygens (including phenoxy) is 2. The molecule has 1 amide bonds. The number of aromatic amines is 1. The van der Waals surface area contributed by atoms with E-state index in [-0.39, 0.29) is 6.10 Å². The van der Waals surface area contributed by atoms with E-state index in [1.165, 1.54) is 7.11 Å². The van der Waals surface area contributed by atoms with Crippen LogP contribution in [0.3, 0.4) is 0 Å². The Balaban J connectivity index is 1.34. The number of H-pyrrole nitrogens is 1. The fourth-order valence-corrected chi connectivity index (χ4v) is 5.14.